The van der Waals surface area contributed by atoms with E-state index < -0.39 is 5.82 Å². The van der Waals surface area contributed by atoms with E-state index >= 15 is 0 Å². The van der Waals surface area contributed by atoms with E-state index in [0.717, 1.165) is 26.2 Å². The molecule has 30 heavy (non-hydrogen) atoms. The molecule has 1 aliphatic rings. The number of anilines is 1. The lowest BCUT2D eigenvalue weighted by atomic mass is 9.96. The minimum atomic E-state index is -0.436. The number of hydrogen-bond donors (Lipinski definition) is 1. The number of rotatable bonds is 4. The number of nitrogens with one attached hydrogen (secondary N) is 1. The zero-order chi connectivity index (χ0) is 20.9. The van der Waals surface area contributed by atoms with Gasteiger partial charge in [0.25, 0.3) is 0 Å². The summed E-state index contributed by atoms with van der Waals surface area (Å²) in [6.07, 6.45) is 0. The molecule has 0 spiro atoms. The van der Waals surface area contributed by atoms with E-state index in [1.165, 1.54) is 17.2 Å². The molecular formula is C24H23ClFN3S. The molecule has 0 aliphatic carbocycles. The minimum absolute atomic E-state index is 0.0844. The predicted octanol–water partition coefficient (Wildman–Crippen LogP) is 5.58. The van der Waals surface area contributed by atoms with Gasteiger partial charge in [0.2, 0.25) is 0 Å². The van der Waals surface area contributed by atoms with Crippen molar-refractivity contribution in [1.29, 1.82) is 0 Å². The van der Waals surface area contributed by atoms with Crippen LogP contribution in [0, 0.1) is 5.82 Å². The molecule has 0 unspecified atom stereocenters. The van der Waals surface area contributed by atoms with Crippen molar-refractivity contribution in [2.45, 2.75) is 6.04 Å². The third-order valence-corrected chi connectivity index (χ3v) is 6.02. The highest BCUT2D eigenvalue weighted by Gasteiger charge is 2.27. The zero-order valence-corrected chi connectivity index (χ0v) is 18.0. The van der Waals surface area contributed by atoms with Gasteiger partial charge >= 0.3 is 0 Å². The van der Waals surface area contributed by atoms with Crippen molar-refractivity contribution < 1.29 is 4.39 Å². The van der Waals surface area contributed by atoms with Crippen LogP contribution < -0.4 is 5.32 Å². The second-order valence-electron chi connectivity index (χ2n) is 7.31. The van der Waals surface area contributed by atoms with Crippen molar-refractivity contribution in [2.24, 2.45) is 0 Å². The van der Waals surface area contributed by atoms with E-state index in [2.05, 4.69) is 75.8 Å². The molecule has 1 fully saturated rings. The van der Waals surface area contributed by atoms with Crippen LogP contribution in [-0.2, 0) is 0 Å². The summed E-state index contributed by atoms with van der Waals surface area (Å²) >= 11 is 11.5. The van der Waals surface area contributed by atoms with Gasteiger partial charge in [-0.2, -0.15) is 0 Å². The number of thiocarbonyl (C=S) groups is 1. The lowest BCUT2D eigenvalue weighted by Crippen LogP contribution is -2.50. The first-order valence-corrected chi connectivity index (χ1v) is 10.8. The van der Waals surface area contributed by atoms with Gasteiger partial charge in [-0.15, -0.1) is 0 Å². The van der Waals surface area contributed by atoms with Crippen LogP contribution in [0.1, 0.15) is 17.2 Å². The maximum atomic E-state index is 13.4. The van der Waals surface area contributed by atoms with Crippen LogP contribution >= 0.6 is 23.8 Å². The van der Waals surface area contributed by atoms with Gasteiger partial charge in [-0.1, -0.05) is 72.3 Å². The van der Waals surface area contributed by atoms with Crippen LogP contribution in [0.25, 0.3) is 0 Å². The SMILES string of the molecule is Fc1ccc(NC(=S)N2CCN(C(c3ccccc3)c3ccccc3)CC2)cc1Cl. The Labute approximate surface area is 187 Å². The van der Waals surface area contributed by atoms with Crippen molar-refractivity contribution >= 4 is 34.6 Å². The summed E-state index contributed by atoms with van der Waals surface area (Å²) < 4.78 is 13.4. The smallest absolute Gasteiger partial charge is 0.173 e. The molecule has 1 saturated heterocycles. The summed E-state index contributed by atoms with van der Waals surface area (Å²) in [5, 5.41) is 3.89. The molecule has 1 heterocycles. The van der Waals surface area contributed by atoms with Gasteiger partial charge in [-0.3, -0.25) is 4.90 Å². The van der Waals surface area contributed by atoms with Crippen LogP contribution in [0.5, 0.6) is 0 Å². The lowest BCUT2D eigenvalue weighted by molar-refractivity contribution is 0.151. The van der Waals surface area contributed by atoms with Crippen LogP contribution in [0.2, 0.25) is 5.02 Å². The molecule has 154 valence electrons. The fourth-order valence-electron chi connectivity index (χ4n) is 3.84. The van der Waals surface area contributed by atoms with Crippen molar-refractivity contribution in [3.8, 4) is 0 Å². The van der Waals surface area contributed by atoms with Gasteiger partial charge in [-0.05, 0) is 41.5 Å². The Hall–Kier alpha value is -2.47. The van der Waals surface area contributed by atoms with Gasteiger partial charge in [0.1, 0.15) is 5.82 Å². The van der Waals surface area contributed by atoms with Crippen LogP contribution in [0.15, 0.2) is 78.9 Å². The van der Waals surface area contributed by atoms with Crippen LogP contribution in [0.3, 0.4) is 0 Å². The van der Waals surface area contributed by atoms with E-state index in [9.17, 15) is 4.39 Å². The Balaban J connectivity index is 1.44. The highest BCUT2D eigenvalue weighted by molar-refractivity contribution is 7.80. The fourth-order valence-corrected chi connectivity index (χ4v) is 4.33. The number of hydrogen-bond acceptors (Lipinski definition) is 2. The average molecular weight is 440 g/mol. The van der Waals surface area contributed by atoms with E-state index in [-0.39, 0.29) is 11.1 Å². The fraction of sp³-hybridized carbons (Fsp3) is 0.208. The molecule has 1 N–H and O–H groups in total. The van der Waals surface area contributed by atoms with E-state index in [0.29, 0.717) is 10.8 Å². The number of halogens is 2. The van der Waals surface area contributed by atoms with E-state index in [1.807, 2.05) is 0 Å². The Morgan fingerprint density at radius 1 is 0.867 bits per heavy atom. The molecule has 1 aliphatic heterocycles. The molecular weight excluding hydrogens is 417 g/mol. The summed E-state index contributed by atoms with van der Waals surface area (Å²) in [7, 11) is 0. The molecule has 3 aromatic carbocycles. The maximum absolute atomic E-state index is 13.4. The molecule has 0 amide bonds. The first-order valence-electron chi connectivity index (χ1n) is 9.97. The Kier molecular flexibility index (Phi) is 6.62. The molecule has 0 aromatic heterocycles. The molecule has 4 rings (SSSR count). The number of benzene rings is 3. The summed E-state index contributed by atoms with van der Waals surface area (Å²) in [6, 6.07) is 26.0. The molecule has 0 atom stereocenters. The van der Waals surface area contributed by atoms with E-state index in [4.69, 9.17) is 23.8 Å². The highest BCUT2D eigenvalue weighted by atomic mass is 35.5. The zero-order valence-electron chi connectivity index (χ0n) is 16.5. The molecule has 0 bridgehead atoms. The minimum Gasteiger partial charge on any atom is -0.346 e. The monoisotopic (exact) mass is 439 g/mol. The van der Waals surface area contributed by atoms with Gasteiger partial charge in [-0.25, -0.2) is 4.39 Å². The molecule has 3 nitrogen and oxygen atoms in total. The summed E-state index contributed by atoms with van der Waals surface area (Å²) in [4.78, 5) is 4.65. The van der Waals surface area contributed by atoms with Crippen molar-refractivity contribution in [1.82, 2.24) is 9.80 Å². The summed E-state index contributed by atoms with van der Waals surface area (Å²) in [6.45, 7) is 3.41. The standard InChI is InChI=1S/C24H23ClFN3S/c25-21-17-20(11-12-22(21)26)27-24(30)29-15-13-28(14-16-29)23(18-7-3-1-4-8-18)19-9-5-2-6-10-19/h1-12,17,23H,13-16H2,(H,27,30). The Bertz CT molecular complexity index is 952. The third kappa shape index (κ3) is 4.81. The van der Waals surface area contributed by atoms with Crippen molar-refractivity contribution in [3.05, 3.63) is 101 Å². The van der Waals surface area contributed by atoms with Gasteiger partial charge < -0.3 is 10.2 Å². The normalized spacial score (nSPS) is 14.7. The average Bonchev–Trinajstić information content (AvgIpc) is 2.78. The molecule has 0 saturated carbocycles. The Morgan fingerprint density at radius 2 is 1.43 bits per heavy atom. The largest absolute Gasteiger partial charge is 0.346 e. The second-order valence-corrected chi connectivity index (χ2v) is 8.10. The quantitative estimate of drug-likeness (QED) is 0.534. The summed E-state index contributed by atoms with van der Waals surface area (Å²) in [5.41, 5.74) is 3.28. The topological polar surface area (TPSA) is 18.5 Å². The van der Waals surface area contributed by atoms with Crippen LogP contribution in [-0.4, -0.2) is 41.1 Å². The van der Waals surface area contributed by atoms with Gasteiger partial charge in [0.15, 0.2) is 5.11 Å². The summed E-state index contributed by atoms with van der Waals surface area (Å²) in [5.74, 6) is -0.436. The van der Waals surface area contributed by atoms with Gasteiger partial charge in [0.05, 0.1) is 11.1 Å². The first kappa shape index (κ1) is 20.8. The van der Waals surface area contributed by atoms with Crippen molar-refractivity contribution in [2.75, 3.05) is 31.5 Å². The van der Waals surface area contributed by atoms with Gasteiger partial charge in [0, 0.05) is 31.9 Å². The lowest BCUT2D eigenvalue weighted by Gasteiger charge is -2.40. The highest BCUT2D eigenvalue weighted by Crippen LogP contribution is 2.29. The first-order chi connectivity index (χ1) is 14.6. The predicted molar refractivity (Wildman–Crippen MR) is 126 cm³/mol. The second kappa shape index (κ2) is 9.56. The number of nitrogens with zero attached hydrogens (tertiary/aromatic N) is 2. The molecule has 3 aromatic rings. The molecule has 6 heteroatoms. The third-order valence-electron chi connectivity index (χ3n) is 5.37. The van der Waals surface area contributed by atoms with Crippen molar-refractivity contribution in [3.63, 3.8) is 0 Å². The Morgan fingerprint density at radius 3 is 1.97 bits per heavy atom. The van der Waals surface area contributed by atoms with Crippen LogP contribution in [0.4, 0.5) is 10.1 Å². The number of piperazine rings is 1. The molecule has 0 radical (unpaired) electrons. The maximum Gasteiger partial charge on any atom is 0.173 e. The van der Waals surface area contributed by atoms with E-state index in [1.54, 1.807) is 12.1 Å².